The second-order valence-corrected chi connectivity index (χ2v) is 5.23. The lowest BCUT2D eigenvalue weighted by molar-refractivity contribution is -0.116. The van der Waals surface area contributed by atoms with Crippen molar-refractivity contribution in [2.45, 2.75) is 6.54 Å². The van der Waals surface area contributed by atoms with E-state index < -0.39 is 0 Å². The number of hydrogen-bond donors (Lipinski definition) is 1. The zero-order valence-corrected chi connectivity index (χ0v) is 12.3. The molecule has 0 fully saturated rings. The van der Waals surface area contributed by atoms with Crippen molar-refractivity contribution in [3.8, 4) is 0 Å². The second-order valence-electron chi connectivity index (χ2n) is 4.41. The van der Waals surface area contributed by atoms with Crippen molar-refractivity contribution in [1.82, 2.24) is 15.0 Å². The minimum atomic E-state index is -0.218. The molecule has 3 aromatic rings. The van der Waals surface area contributed by atoms with Crippen molar-refractivity contribution in [3.05, 3.63) is 52.5 Å². The number of amides is 1. The summed E-state index contributed by atoms with van der Waals surface area (Å²) in [4.78, 5) is 12.0. The van der Waals surface area contributed by atoms with Crippen molar-refractivity contribution >= 4 is 45.8 Å². The first-order valence-electron chi connectivity index (χ1n) is 6.16. The van der Waals surface area contributed by atoms with Gasteiger partial charge in [-0.2, -0.15) is 0 Å². The van der Waals surface area contributed by atoms with Crippen molar-refractivity contribution in [3.63, 3.8) is 0 Å². The van der Waals surface area contributed by atoms with Gasteiger partial charge in [0.15, 0.2) is 0 Å². The molecule has 0 radical (unpaired) electrons. The molecule has 1 aromatic heterocycles. The third-order valence-electron chi connectivity index (χ3n) is 2.92. The number of rotatable bonds is 3. The van der Waals surface area contributed by atoms with E-state index in [4.69, 9.17) is 23.2 Å². The zero-order valence-electron chi connectivity index (χ0n) is 10.8. The maximum Gasteiger partial charge on any atom is 0.246 e. The fraction of sp³-hybridized carbons (Fsp3) is 0.0714. The van der Waals surface area contributed by atoms with Crippen LogP contribution in [0.1, 0.15) is 0 Å². The highest BCUT2D eigenvalue weighted by Crippen LogP contribution is 2.25. The Morgan fingerprint density at radius 3 is 2.76 bits per heavy atom. The van der Waals surface area contributed by atoms with E-state index in [-0.39, 0.29) is 12.5 Å². The van der Waals surface area contributed by atoms with Crippen molar-refractivity contribution in [2.24, 2.45) is 0 Å². The van der Waals surface area contributed by atoms with E-state index in [0.29, 0.717) is 15.7 Å². The number of aromatic nitrogens is 3. The third kappa shape index (κ3) is 2.99. The summed E-state index contributed by atoms with van der Waals surface area (Å²) in [5, 5.41) is 11.5. The van der Waals surface area contributed by atoms with Gasteiger partial charge < -0.3 is 5.32 Å². The first-order valence-corrected chi connectivity index (χ1v) is 6.92. The van der Waals surface area contributed by atoms with Crippen LogP contribution in [0.3, 0.4) is 0 Å². The van der Waals surface area contributed by atoms with Gasteiger partial charge in [-0.05, 0) is 30.3 Å². The average Bonchev–Trinajstić information content (AvgIpc) is 2.86. The minimum Gasteiger partial charge on any atom is -0.324 e. The quantitative estimate of drug-likeness (QED) is 0.804. The standard InChI is InChI=1S/C14H10Cl2N4O/c15-10-6-5-9(7-11(10)16)17-14(21)8-20-13-4-2-1-3-12(13)18-19-20/h1-7H,8H2,(H,17,21). The van der Waals surface area contributed by atoms with Gasteiger partial charge in [0, 0.05) is 5.69 Å². The van der Waals surface area contributed by atoms with E-state index in [2.05, 4.69) is 15.6 Å². The van der Waals surface area contributed by atoms with Crippen LogP contribution in [0.15, 0.2) is 42.5 Å². The lowest BCUT2D eigenvalue weighted by Crippen LogP contribution is -2.19. The Balaban J connectivity index is 1.75. The largest absolute Gasteiger partial charge is 0.324 e. The summed E-state index contributed by atoms with van der Waals surface area (Å²) in [6, 6.07) is 12.4. The molecule has 0 atom stereocenters. The van der Waals surface area contributed by atoms with Crippen LogP contribution < -0.4 is 5.32 Å². The Morgan fingerprint density at radius 2 is 1.95 bits per heavy atom. The number of anilines is 1. The van der Waals surface area contributed by atoms with Crippen LogP contribution in [0.4, 0.5) is 5.69 Å². The smallest absolute Gasteiger partial charge is 0.246 e. The van der Waals surface area contributed by atoms with Crippen LogP contribution in [0.25, 0.3) is 11.0 Å². The predicted molar refractivity (Wildman–Crippen MR) is 82.6 cm³/mol. The molecule has 106 valence electrons. The van der Waals surface area contributed by atoms with Crippen molar-refractivity contribution in [2.75, 3.05) is 5.32 Å². The van der Waals surface area contributed by atoms with E-state index in [0.717, 1.165) is 11.0 Å². The predicted octanol–water partition coefficient (Wildman–Crippen LogP) is 3.38. The van der Waals surface area contributed by atoms with Crippen molar-refractivity contribution in [1.29, 1.82) is 0 Å². The highest BCUT2D eigenvalue weighted by Gasteiger charge is 2.09. The van der Waals surface area contributed by atoms with Crippen LogP contribution in [-0.2, 0) is 11.3 Å². The molecule has 1 heterocycles. The van der Waals surface area contributed by atoms with Crippen LogP contribution in [0.2, 0.25) is 10.0 Å². The molecular formula is C14H10Cl2N4O. The monoisotopic (exact) mass is 320 g/mol. The molecule has 0 spiro atoms. The molecule has 0 aliphatic heterocycles. The summed E-state index contributed by atoms with van der Waals surface area (Å²) in [7, 11) is 0. The van der Waals surface area contributed by atoms with Gasteiger partial charge in [-0.1, -0.05) is 40.5 Å². The SMILES string of the molecule is O=C(Cn1nnc2ccccc21)Nc1ccc(Cl)c(Cl)c1. The van der Waals surface area contributed by atoms with Crippen LogP contribution in [-0.4, -0.2) is 20.9 Å². The number of hydrogen-bond acceptors (Lipinski definition) is 3. The Labute approximate surface area is 130 Å². The first-order chi connectivity index (χ1) is 10.1. The number of carbonyl (C=O) groups is 1. The molecule has 0 bridgehead atoms. The van der Waals surface area contributed by atoms with E-state index in [1.54, 1.807) is 22.9 Å². The van der Waals surface area contributed by atoms with E-state index in [9.17, 15) is 4.79 Å². The van der Waals surface area contributed by atoms with Gasteiger partial charge >= 0.3 is 0 Å². The number of para-hydroxylation sites is 1. The Morgan fingerprint density at radius 1 is 1.14 bits per heavy atom. The Hall–Kier alpha value is -2.11. The third-order valence-corrected chi connectivity index (χ3v) is 3.66. The van der Waals surface area contributed by atoms with Crippen LogP contribution in [0, 0.1) is 0 Å². The minimum absolute atomic E-state index is 0.0702. The highest BCUT2D eigenvalue weighted by atomic mass is 35.5. The first kappa shape index (κ1) is 13.9. The summed E-state index contributed by atoms with van der Waals surface area (Å²) in [5.74, 6) is -0.218. The fourth-order valence-corrected chi connectivity index (χ4v) is 2.24. The average molecular weight is 321 g/mol. The molecule has 0 saturated carbocycles. The summed E-state index contributed by atoms with van der Waals surface area (Å²) >= 11 is 11.7. The molecule has 1 N–H and O–H groups in total. The maximum atomic E-state index is 12.0. The molecule has 7 heteroatoms. The Kier molecular flexibility index (Phi) is 3.77. The summed E-state index contributed by atoms with van der Waals surface area (Å²) in [6.07, 6.45) is 0. The summed E-state index contributed by atoms with van der Waals surface area (Å²) < 4.78 is 1.54. The van der Waals surface area contributed by atoms with Crippen molar-refractivity contribution < 1.29 is 4.79 Å². The number of nitrogens with one attached hydrogen (secondary N) is 1. The molecular weight excluding hydrogens is 311 g/mol. The van der Waals surface area contributed by atoms with Gasteiger partial charge in [0.05, 0.1) is 15.6 Å². The number of halogens is 2. The molecule has 1 amide bonds. The van der Waals surface area contributed by atoms with Gasteiger partial charge in [-0.3, -0.25) is 4.79 Å². The summed E-state index contributed by atoms with van der Waals surface area (Å²) in [6.45, 7) is 0.0702. The molecule has 3 rings (SSSR count). The number of nitrogens with zero attached hydrogens (tertiary/aromatic N) is 3. The van der Waals surface area contributed by atoms with E-state index in [1.807, 2.05) is 24.3 Å². The molecule has 2 aromatic carbocycles. The van der Waals surface area contributed by atoms with E-state index in [1.165, 1.54) is 0 Å². The maximum absolute atomic E-state index is 12.0. The lowest BCUT2D eigenvalue weighted by Gasteiger charge is -2.06. The van der Waals surface area contributed by atoms with Gasteiger partial charge in [0.25, 0.3) is 0 Å². The van der Waals surface area contributed by atoms with Gasteiger partial charge in [-0.25, -0.2) is 4.68 Å². The fourth-order valence-electron chi connectivity index (χ4n) is 1.94. The lowest BCUT2D eigenvalue weighted by atomic mass is 10.3. The topological polar surface area (TPSA) is 59.8 Å². The van der Waals surface area contributed by atoms with Gasteiger partial charge in [0.1, 0.15) is 12.1 Å². The molecule has 0 unspecified atom stereocenters. The number of benzene rings is 2. The zero-order chi connectivity index (χ0) is 14.8. The van der Waals surface area contributed by atoms with Crippen LogP contribution >= 0.6 is 23.2 Å². The molecule has 5 nitrogen and oxygen atoms in total. The molecule has 0 aliphatic rings. The number of fused-ring (bicyclic) bond motifs is 1. The van der Waals surface area contributed by atoms with Gasteiger partial charge in [0.2, 0.25) is 5.91 Å². The number of carbonyl (C=O) groups excluding carboxylic acids is 1. The summed E-state index contributed by atoms with van der Waals surface area (Å²) in [5.41, 5.74) is 2.14. The molecule has 21 heavy (non-hydrogen) atoms. The Bertz CT molecular complexity index is 816. The highest BCUT2D eigenvalue weighted by molar-refractivity contribution is 6.42. The molecule has 0 aliphatic carbocycles. The normalized spacial score (nSPS) is 10.8. The van der Waals surface area contributed by atoms with Gasteiger partial charge in [-0.15, -0.1) is 5.10 Å². The van der Waals surface area contributed by atoms with E-state index >= 15 is 0 Å². The van der Waals surface area contributed by atoms with Crippen LogP contribution in [0.5, 0.6) is 0 Å². The second kappa shape index (κ2) is 5.71. The molecule has 0 saturated heterocycles.